The molecule has 0 atom stereocenters. The van der Waals surface area contributed by atoms with Crippen LogP contribution in [0.3, 0.4) is 0 Å². The highest BCUT2D eigenvalue weighted by Crippen LogP contribution is 2.10. The predicted molar refractivity (Wildman–Crippen MR) is 71.7 cm³/mol. The summed E-state index contributed by atoms with van der Waals surface area (Å²) < 4.78 is 0. The Bertz CT molecular complexity index is 455. The van der Waals surface area contributed by atoms with E-state index in [1.165, 1.54) is 11.8 Å². The zero-order valence-corrected chi connectivity index (χ0v) is 10.9. The Hall–Kier alpha value is -1.24. The van der Waals surface area contributed by atoms with Crippen LogP contribution in [0.2, 0.25) is 0 Å². The first-order valence-corrected chi connectivity index (χ1v) is 6.44. The monoisotopic (exact) mass is 248 g/mol. The van der Waals surface area contributed by atoms with Gasteiger partial charge in [0.2, 0.25) is 0 Å². The summed E-state index contributed by atoms with van der Waals surface area (Å²) in [6.07, 6.45) is 0.713. The molecular formula is C14H16O2S. The van der Waals surface area contributed by atoms with Gasteiger partial charge in [-0.25, -0.2) is 0 Å². The smallest absolute Gasteiger partial charge is 0.185 e. The number of rotatable bonds is 3. The molecule has 0 spiro atoms. The SMILES string of the molecule is CC(=O)SCCC#Cc1ccc(CO)c(C)c1. The molecule has 0 amide bonds. The summed E-state index contributed by atoms with van der Waals surface area (Å²) in [4.78, 5) is 10.7. The summed E-state index contributed by atoms with van der Waals surface area (Å²) in [7, 11) is 0. The summed E-state index contributed by atoms with van der Waals surface area (Å²) >= 11 is 1.30. The molecule has 0 fully saturated rings. The first-order valence-electron chi connectivity index (χ1n) is 5.46. The average Bonchev–Trinajstić information content (AvgIpc) is 2.28. The fraction of sp³-hybridized carbons (Fsp3) is 0.357. The molecule has 0 bridgehead atoms. The molecular weight excluding hydrogens is 232 g/mol. The van der Waals surface area contributed by atoms with Gasteiger partial charge in [0.05, 0.1) is 6.61 Å². The van der Waals surface area contributed by atoms with Gasteiger partial charge in [-0.1, -0.05) is 29.7 Å². The van der Waals surface area contributed by atoms with Crippen molar-refractivity contribution in [2.24, 2.45) is 0 Å². The average molecular weight is 248 g/mol. The molecule has 0 aliphatic heterocycles. The number of carbonyl (C=O) groups is 1. The van der Waals surface area contributed by atoms with Crippen molar-refractivity contribution >= 4 is 16.9 Å². The van der Waals surface area contributed by atoms with Gasteiger partial charge in [0.1, 0.15) is 0 Å². The Balaban J connectivity index is 2.54. The summed E-state index contributed by atoms with van der Waals surface area (Å²) in [5.41, 5.74) is 2.94. The van der Waals surface area contributed by atoms with Crippen molar-refractivity contribution in [2.45, 2.75) is 26.9 Å². The first-order chi connectivity index (χ1) is 8.13. The van der Waals surface area contributed by atoms with Gasteiger partial charge < -0.3 is 5.11 Å². The molecule has 1 rings (SSSR count). The van der Waals surface area contributed by atoms with Crippen molar-refractivity contribution in [1.29, 1.82) is 0 Å². The molecule has 0 unspecified atom stereocenters. The summed E-state index contributed by atoms with van der Waals surface area (Å²) in [6.45, 7) is 3.59. The number of hydrogen-bond donors (Lipinski definition) is 1. The maximum Gasteiger partial charge on any atom is 0.185 e. The van der Waals surface area contributed by atoms with Gasteiger partial charge in [0.15, 0.2) is 5.12 Å². The fourth-order valence-corrected chi connectivity index (χ4v) is 1.85. The Morgan fingerprint density at radius 3 is 2.82 bits per heavy atom. The lowest BCUT2D eigenvalue weighted by molar-refractivity contribution is -0.109. The summed E-state index contributed by atoms with van der Waals surface area (Å²) in [5.74, 6) is 6.84. The fourth-order valence-electron chi connectivity index (χ4n) is 1.36. The zero-order valence-electron chi connectivity index (χ0n) is 10.1. The quantitative estimate of drug-likeness (QED) is 0.659. The molecule has 1 aromatic rings. The van der Waals surface area contributed by atoms with Crippen molar-refractivity contribution in [1.82, 2.24) is 0 Å². The summed E-state index contributed by atoms with van der Waals surface area (Å²) in [5, 5.41) is 9.17. The van der Waals surface area contributed by atoms with Gasteiger partial charge in [0, 0.05) is 24.7 Å². The van der Waals surface area contributed by atoms with Crippen molar-refractivity contribution in [3.05, 3.63) is 34.9 Å². The molecule has 0 saturated heterocycles. The van der Waals surface area contributed by atoms with E-state index in [1.807, 2.05) is 25.1 Å². The number of carbonyl (C=O) groups excluding carboxylic acids is 1. The Morgan fingerprint density at radius 2 is 2.24 bits per heavy atom. The van der Waals surface area contributed by atoms with Crippen molar-refractivity contribution in [3.8, 4) is 11.8 Å². The maximum atomic E-state index is 10.7. The van der Waals surface area contributed by atoms with E-state index in [0.717, 1.165) is 22.4 Å². The highest BCUT2D eigenvalue weighted by molar-refractivity contribution is 8.13. The van der Waals surface area contributed by atoms with Gasteiger partial charge >= 0.3 is 0 Å². The first kappa shape index (κ1) is 13.8. The van der Waals surface area contributed by atoms with E-state index in [9.17, 15) is 4.79 Å². The van der Waals surface area contributed by atoms with Crippen LogP contribution in [0.4, 0.5) is 0 Å². The maximum absolute atomic E-state index is 10.7. The van der Waals surface area contributed by atoms with Crippen LogP contribution in [0.15, 0.2) is 18.2 Å². The lowest BCUT2D eigenvalue weighted by Gasteiger charge is -2.01. The number of aliphatic hydroxyl groups excluding tert-OH is 1. The largest absolute Gasteiger partial charge is 0.392 e. The van der Waals surface area contributed by atoms with Crippen molar-refractivity contribution in [3.63, 3.8) is 0 Å². The molecule has 1 N–H and O–H groups in total. The second kappa shape index (κ2) is 7.16. The van der Waals surface area contributed by atoms with Crippen LogP contribution in [0.1, 0.15) is 30.0 Å². The van der Waals surface area contributed by atoms with Gasteiger partial charge in [-0.3, -0.25) is 4.79 Å². The molecule has 0 heterocycles. The van der Waals surface area contributed by atoms with Crippen LogP contribution in [0.5, 0.6) is 0 Å². The number of thioether (sulfide) groups is 1. The minimum atomic E-state index is 0.0643. The van der Waals surface area contributed by atoms with Crippen LogP contribution in [-0.4, -0.2) is 16.0 Å². The Kier molecular flexibility index (Phi) is 5.82. The third kappa shape index (κ3) is 5.08. The third-order valence-corrected chi connectivity index (χ3v) is 3.09. The highest BCUT2D eigenvalue weighted by atomic mass is 32.2. The third-order valence-electron chi connectivity index (χ3n) is 2.28. The molecule has 0 aliphatic rings. The molecule has 1 aromatic carbocycles. The van der Waals surface area contributed by atoms with E-state index in [4.69, 9.17) is 5.11 Å². The second-order valence-electron chi connectivity index (χ2n) is 3.69. The number of aryl methyl sites for hydroxylation is 1. The molecule has 90 valence electrons. The predicted octanol–water partition coefficient (Wildman–Crippen LogP) is 2.51. The van der Waals surface area contributed by atoms with Gasteiger partial charge in [-0.2, -0.15) is 0 Å². The Morgan fingerprint density at radius 1 is 1.47 bits per heavy atom. The van der Waals surface area contributed by atoms with E-state index in [-0.39, 0.29) is 11.7 Å². The van der Waals surface area contributed by atoms with Crippen molar-refractivity contribution < 1.29 is 9.90 Å². The number of aliphatic hydroxyl groups is 1. The van der Waals surface area contributed by atoms with Crippen LogP contribution in [0.25, 0.3) is 0 Å². The van der Waals surface area contributed by atoms with Gasteiger partial charge in [0.25, 0.3) is 0 Å². The minimum Gasteiger partial charge on any atom is -0.392 e. The Labute approximate surface area is 106 Å². The van der Waals surface area contributed by atoms with Crippen molar-refractivity contribution in [2.75, 3.05) is 5.75 Å². The molecule has 17 heavy (non-hydrogen) atoms. The van der Waals surface area contributed by atoms with E-state index in [0.29, 0.717) is 6.42 Å². The van der Waals surface area contributed by atoms with Gasteiger partial charge in [-0.15, -0.1) is 0 Å². The molecule has 3 heteroatoms. The minimum absolute atomic E-state index is 0.0643. The van der Waals surface area contributed by atoms with Crippen LogP contribution < -0.4 is 0 Å². The molecule has 0 aliphatic carbocycles. The normalized spacial score (nSPS) is 9.59. The van der Waals surface area contributed by atoms with Crippen LogP contribution >= 0.6 is 11.8 Å². The standard InChI is InChI=1S/C14H16O2S/c1-11-9-13(6-7-14(11)10-15)5-3-4-8-17-12(2)16/h6-7,9,15H,4,8,10H2,1-2H3. The molecule has 0 radical (unpaired) electrons. The highest BCUT2D eigenvalue weighted by Gasteiger charge is 1.96. The lowest BCUT2D eigenvalue weighted by atomic mass is 10.1. The number of hydrogen-bond acceptors (Lipinski definition) is 3. The van der Waals surface area contributed by atoms with E-state index >= 15 is 0 Å². The molecule has 0 saturated carbocycles. The molecule has 2 nitrogen and oxygen atoms in total. The van der Waals surface area contributed by atoms with E-state index in [2.05, 4.69) is 11.8 Å². The zero-order chi connectivity index (χ0) is 12.7. The van der Waals surface area contributed by atoms with Crippen LogP contribution in [0, 0.1) is 18.8 Å². The van der Waals surface area contributed by atoms with Crippen LogP contribution in [-0.2, 0) is 11.4 Å². The van der Waals surface area contributed by atoms with Gasteiger partial charge in [-0.05, 0) is 30.2 Å². The lowest BCUT2D eigenvalue weighted by Crippen LogP contribution is -1.89. The van der Waals surface area contributed by atoms with E-state index in [1.54, 1.807) is 6.92 Å². The van der Waals surface area contributed by atoms with E-state index < -0.39 is 0 Å². The number of benzene rings is 1. The topological polar surface area (TPSA) is 37.3 Å². The second-order valence-corrected chi connectivity index (χ2v) is 4.96. The summed E-state index contributed by atoms with van der Waals surface area (Å²) in [6, 6.07) is 5.77. The molecule has 0 aromatic heterocycles.